The molecule has 4 rings (SSSR count). The van der Waals surface area contributed by atoms with Crippen molar-refractivity contribution in [2.45, 2.75) is 25.7 Å². The second-order valence-electron chi connectivity index (χ2n) is 7.25. The molecule has 0 bridgehead atoms. The molecule has 1 aliphatic rings. The third-order valence-electron chi connectivity index (χ3n) is 5.36. The minimum absolute atomic E-state index is 0.0627. The van der Waals surface area contributed by atoms with Gasteiger partial charge in [0.25, 0.3) is 0 Å². The Morgan fingerprint density at radius 2 is 1.79 bits per heavy atom. The summed E-state index contributed by atoms with van der Waals surface area (Å²) in [6.07, 6.45) is 3.81. The predicted molar refractivity (Wildman–Crippen MR) is 113 cm³/mol. The monoisotopic (exact) mass is 410 g/mol. The van der Waals surface area contributed by atoms with Crippen molar-refractivity contribution in [2.24, 2.45) is 11.8 Å². The summed E-state index contributed by atoms with van der Waals surface area (Å²) >= 11 is 1.48. The predicted octanol–water partition coefficient (Wildman–Crippen LogP) is 4.46. The fraction of sp³-hybridized carbons (Fsp3) is 0.318. The highest BCUT2D eigenvalue weighted by Crippen LogP contribution is 2.41. The molecule has 1 saturated carbocycles. The van der Waals surface area contributed by atoms with Gasteiger partial charge in [0.2, 0.25) is 0 Å². The molecular formula is C22H22N2O4S. The number of esters is 1. The van der Waals surface area contributed by atoms with Gasteiger partial charge in [0.05, 0.1) is 13.0 Å². The van der Waals surface area contributed by atoms with Gasteiger partial charge in [-0.05, 0) is 62.1 Å². The Balaban J connectivity index is 1.63. The number of thiazole rings is 1. The van der Waals surface area contributed by atoms with Crippen LogP contribution in [0.15, 0.2) is 36.4 Å². The van der Waals surface area contributed by atoms with Crippen molar-refractivity contribution in [3.05, 3.63) is 36.4 Å². The Labute approximate surface area is 172 Å². The standard InChI is InChI=1S/C22H22N2O4S/c1-27-18-11-10-17(28-22(26)15-4-2-13(12-25)3-5-15)19-20(18)29-21(24-19)14-6-8-16(23)9-7-14/h6-13,15H,2-5,23H2,1H3. The second-order valence-corrected chi connectivity index (χ2v) is 8.25. The number of methoxy groups -OCH3 is 1. The number of anilines is 1. The summed E-state index contributed by atoms with van der Waals surface area (Å²) in [6.45, 7) is 0. The van der Waals surface area contributed by atoms with E-state index in [0.717, 1.165) is 34.4 Å². The summed E-state index contributed by atoms with van der Waals surface area (Å²) in [6, 6.07) is 11.0. The largest absolute Gasteiger partial charge is 0.495 e. The number of aromatic nitrogens is 1. The smallest absolute Gasteiger partial charge is 0.314 e. The first-order valence-electron chi connectivity index (χ1n) is 9.59. The molecule has 2 aromatic carbocycles. The fourth-order valence-corrected chi connectivity index (χ4v) is 4.71. The number of rotatable bonds is 5. The highest BCUT2D eigenvalue weighted by Gasteiger charge is 2.28. The number of ether oxygens (including phenoxy) is 2. The van der Waals surface area contributed by atoms with E-state index in [1.807, 2.05) is 24.3 Å². The molecule has 0 amide bonds. The molecule has 0 radical (unpaired) electrons. The first-order chi connectivity index (χ1) is 14.1. The maximum absolute atomic E-state index is 12.7. The van der Waals surface area contributed by atoms with Gasteiger partial charge in [0, 0.05) is 17.2 Å². The average molecular weight is 410 g/mol. The molecule has 1 fully saturated rings. The van der Waals surface area contributed by atoms with E-state index in [1.165, 1.54) is 11.3 Å². The first-order valence-corrected chi connectivity index (χ1v) is 10.4. The number of carbonyl (C=O) groups excluding carboxylic acids is 2. The summed E-state index contributed by atoms with van der Waals surface area (Å²) in [4.78, 5) is 28.3. The van der Waals surface area contributed by atoms with Crippen LogP contribution in [0.2, 0.25) is 0 Å². The van der Waals surface area contributed by atoms with Gasteiger partial charge in [-0.3, -0.25) is 4.79 Å². The lowest BCUT2D eigenvalue weighted by atomic mass is 9.83. The average Bonchev–Trinajstić information content (AvgIpc) is 3.20. The van der Waals surface area contributed by atoms with Crippen molar-refractivity contribution in [3.63, 3.8) is 0 Å². The van der Waals surface area contributed by atoms with Gasteiger partial charge in [0.15, 0.2) is 5.75 Å². The van der Waals surface area contributed by atoms with E-state index < -0.39 is 0 Å². The van der Waals surface area contributed by atoms with Crippen molar-refractivity contribution < 1.29 is 19.1 Å². The van der Waals surface area contributed by atoms with E-state index in [9.17, 15) is 9.59 Å². The van der Waals surface area contributed by atoms with Gasteiger partial charge in [-0.15, -0.1) is 11.3 Å². The summed E-state index contributed by atoms with van der Waals surface area (Å²) in [5, 5.41) is 0.799. The molecule has 0 spiro atoms. The molecule has 0 aliphatic heterocycles. The molecule has 29 heavy (non-hydrogen) atoms. The number of fused-ring (bicyclic) bond motifs is 1. The van der Waals surface area contributed by atoms with Crippen molar-refractivity contribution in [2.75, 3.05) is 12.8 Å². The number of carbonyl (C=O) groups is 2. The van der Waals surface area contributed by atoms with Crippen LogP contribution in [0.1, 0.15) is 25.7 Å². The molecule has 2 N–H and O–H groups in total. The highest BCUT2D eigenvalue weighted by atomic mass is 32.1. The maximum Gasteiger partial charge on any atom is 0.314 e. The Kier molecular flexibility index (Phi) is 5.49. The molecule has 7 heteroatoms. The molecule has 0 unspecified atom stereocenters. The minimum atomic E-state index is -0.261. The number of nitrogens with zero attached hydrogens (tertiary/aromatic N) is 1. The fourth-order valence-electron chi connectivity index (χ4n) is 3.64. The van der Waals surface area contributed by atoms with Crippen LogP contribution < -0.4 is 15.2 Å². The van der Waals surface area contributed by atoms with Gasteiger partial charge in [-0.25, -0.2) is 4.98 Å². The number of nitrogen functional groups attached to an aromatic ring is 1. The van der Waals surface area contributed by atoms with Crippen LogP contribution in [0.4, 0.5) is 5.69 Å². The minimum Gasteiger partial charge on any atom is -0.495 e. The molecule has 3 aromatic rings. The van der Waals surface area contributed by atoms with E-state index >= 15 is 0 Å². The zero-order chi connectivity index (χ0) is 20.4. The van der Waals surface area contributed by atoms with E-state index in [1.54, 1.807) is 19.2 Å². The second kappa shape index (κ2) is 8.21. The Hall–Kier alpha value is -2.93. The van der Waals surface area contributed by atoms with E-state index in [-0.39, 0.29) is 17.8 Å². The highest BCUT2D eigenvalue weighted by molar-refractivity contribution is 7.22. The number of benzene rings is 2. The molecule has 0 atom stereocenters. The van der Waals surface area contributed by atoms with Crippen molar-refractivity contribution in [3.8, 4) is 22.1 Å². The molecule has 1 heterocycles. The topological polar surface area (TPSA) is 91.5 Å². The molecule has 1 aliphatic carbocycles. The van der Waals surface area contributed by atoms with Crippen LogP contribution in [0.3, 0.4) is 0 Å². The zero-order valence-corrected chi connectivity index (χ0v) is 16.9. The van der Waals surface area contributed by atoms with E-state index in [0.29, 0.717) is 35.5 Å². The van der Waals surface area contributed by atoms with Gasteiger partial charge in [-0.2, -0.15) is 0 Å². The van der Waals surface area contributed by atoms with Crippen molar-refractivity contribution >= 4 is 39.5 Å². The van der Waals surface area contributed by atoms with E-state index in [4.69, 9.17) is 20.2 Å². The van der Waals surface area contributed by atoms with Gasteiger partial charge in [-0.1, -0.05) is 0 Å². The lowest BCUT2D eigenvalue weighted by molar-refractivity contribution is -0.140. The number of hydrogen-bond acceptors (Lipinski definition) is 7. The van der Waals surface area contributed by atoms with Crippen LogP contribution in [0.25, 0.3) is 20.8 Å². The van der Waals surface area contributed by atoms with Crippen LogP contribution >= 0.6 is 11.3 Å². The SMILES string of the molecule is COc1ccc(OC(=O)C2CCC(C=O)CC2)c2nc(-c3ccc(N)cc3)sc12. The normalized spacial score (nSPS) is 19.1. The lowest BCUT2D eigenvalue weighted by Crippen LogP contribution is -2.26. The summed E-state index contributed by atoms with van der Waals surface area (Å²) in [5.41, 5.74) is 8.01. The first kappa shape index (κ1) is 19.4. The third-order valence-corrected chi connectivity index (χ3v) is 6.48. The molecular weight excluding hydrogens is 388 g/mol. The summed E-state index contributed by atoms with van der Waals surface area (Å²) < 4.78 is 12.0. The van der Waals surface area contributed by atoms with Crippen LogP contribution in [0.5, 0.6) is 11.5 Å². The molecule has 6 nitrogen and oxygen atoms in total. The molecule has 150 valence electrons. The zero-order valence-electron chi connectivity index (χ0n) is 16.1. The van der Waals surface area contributed by atoms with Crippen molar-refractivity contribution in [1.29, 1.82) is 0 Å². The van der Waals surface area contributed by atoms with Crippen molar-refractivity contribution in [1.82, 2.24) is 4.98 Å². The lowest BCUT2D eigenvalue weighted by Gasteiger charge is -2.23. The summed E-state index contributed by atoms with van der Waals surface area (Å²) in [7, 11) is 1.61. The number of hydrogen-bond donors (Lipinski definition) is 1. The van der Waals surface area contributed by atoms with Crippen LogP contribution in [-0.4, -0.2) is 24.3 Å². The third kappa shape index (κ3) is 3.96. The Morgan fingerprint density at radius 1 is 1.10 bits per heavy atom. The van der Waals surface area contributed by atoms with E-state index in [2.05, 4.69) is 0 Å². The quantitative estimate of drug-likeness (QED) is 0.289. The molecule has 1 aromatic heterocycles. The maximum atomic E-state index is 12.7. The van der Waals surface area contributed by atoms with Crippen LogP contribution in [-0.2, 0) is 9.59 Å². The van der Waals surface area contributed by atoms with Gasteiger partial charge < -0.3 is 20.0 Å². The molecule has 0 saturated heterocycles. The summed E-state index contributed by atoms with van der Waals surface area (Å²) in [5.74, 6) is 0.737. The Bertz CT molecular complexity index is 1040. The van der Waals surface area contributed by atoms with Gasteiger partial charge >= 0.3 is 5.97 Å². The van der Waals surface area contributed by atoms with Crippen LogP contribution in [0, 0.1) is 11.8 Å². The number of nitrogens with two attached hydrogens (primary N) is 1. The Morgan fingerprint density at radius 3 is 2.45 bits per heavy atom. The van der Waals surface area contributed by atoms with Gasteiger partial charge in [0.1, 0.15) is 27.3 Å². The number of aldehydes is 1.